The predicted octanol–water partition coefficient (Wildman–Crippen LogP) is 9.63. The van der Waals surface area contributed by atoms with Crippen LogP contribution in [0.1, 0.15) is 129 Å². The van der Waals surface area contributed by atoms with E-state index in [0.29, 0.717) is 5.41 Å². The van der Waals surface area contributed by atoms with Gasteiger partial charge in [0, 0.05) is 0 Å². The lowest BCUT2D eigenvalue weighted by atomic mass is 9.88. The Bertz CT molecular complexity index is 205. The third-order valence-corrected chi connectivity index (χ3v) is 4.11. The summed E-state index contributed by atoms with van der Waals surface area (Å²) in [4.78, 5) is 0. The summed E-state index contributed by atoms with van der Waals surface area (Å²) < 4.78 is 0. The fraction of sp³-hybridized carbons (Fsp3) is 1.00. The molecule has 0 unspecified atom stereocenters. The first-order valence-corrected chi connectivity index (χ1v) is 11.2. The Morgan fingerprint density at radius 2 is 0.600 bits per heavy atom. The van der Waals surface area contributed by atoms with Gasteiger partial charge in [-0.2, -0.15) is 0 Å². The first kappa shape index (κ1) is 29.8. The van der Waals surface area contributed by atoms with E-state index >= 15 is 0 Å². The molecular weight excluding hydrogens is 300 g/mol. The molecule has 0 N–H and O–H groups in total. The molecule has 0 aromatic rings. The van der Waals surface area contributed by atoms with E-state index in [4.69, 9.17) is 0 Å². The third kappa shape index (κ3) is 45.4. The molecule has 0 aliphatic rings. The van der Waals surface area contributed by atoms with Gasteiger partial charge < -0.3 is 0 Å². The van der Waals surface area contributed by atoms with E-state index < -0.39 is 0 Å². The Hall–Kier alpha value is 0. The second-order valence-corrected chi connectivity index (χ2v) is 11.2. The van der Waals surface area contributed by atoms with Crippen LogP contribution in [0.5, 0.6) is 0 Å². The highest BCUT2D eigenvalue weighted by atomic mass is 14.2. The minimum atomic E-state index is 0.532. The molecule has 0 aliphatic carbocycles. The average Bonchev–Trinajstić information content (AvgIpc) is 2.41. The maximum Gasteiger partial charge on any atom is -0.0383 e. The van der Waals surface area contributed by atoms with E-state index in [9.17, 15) is 0 Å². The second kappa shape index (κ2) is 17.4. The SMILES string of the molecule is CC(C)CCC(C)(C)C.CC(C)CCC(C)C.CC(C)CCC(C)C. The van der Waals surface area contributed by atoms with Crippen LogP contribution in [0, 0.1) is 35.0 Å². The molecule has 0 rings (SSSR count). The molecule has 0 aromatic heterocycles. The van der Waals surface area contributed by atoms with Crippen molar-refractivity contribution >= 4 is 0 Å². The topological polar surface area (TPSA) is 0 Å². The standard InChI is InChI=1S/C9H20.2C8H18/c1-8(2)6-7-9(3,4)5;2*1-7(2)5-6-8(3)4/h8H,6-7H2,1-5H3;2*7-8H,5-6H2,1-4H3. The van der Waals surface area contributed by atoms with Crippen LogP contribution >= 0.6 is 0 Å². The van der Waals surface area contributed by atoms with Crippen molar-refractivity contribution in [3.63, 3.8) is 0 Å². The van der Waals surface area contributed by atoms with Crippen molar-refractivity contribution in [2.45, 2.75) is 129 Å². The van der Waals surface area contributed by atoms with Crippen molar-refractivity contribution < 1.29 is 0 Å². The van der Waals surface area contributed by atoms with Crippen molar-refractivity contribution in [3.8, 4) is 0 Å². The van der Waals surface area contributed by atoms with Gasteiger partial charge in [0.1, 0.15) is 0 Å². The Morgan fingerprint density at radius 1 is 0.400 bits per heavy atom. The fourth-order valence-corrected chi connectivity index (χ4v) is 2.06. The summed E-state index contributed by atoms with van der Waals surface area (Å²) in [6, 6.07) is 0. The van der Waals surface area contributed by atoms with Crippen LogP contribution < -0.4 is 0 Å². The molecular formula is C25H56. The summed E-state index contributed by atoms with van der Waals surface area (Å²) in [6.07, 6.45) is 8.26. The Kier molecular flexibility index (Phi) is 20.7. The van der Waals surface area contributed by atoms with Crippen LogP contribution in [0.15, 0.2) is 0 Å². The smallest absolute Gasteiger partial charge is 0.0383 e. The van der Waals surface area contributed by atoms with Crippen LogP contribution in [0.25, 0.3) is 0 Å². The highest BCUT2D eigenvalue weighted by Crippen LogP contribution is 2.22. The normalized spacial score (nSPS) is 11.8. The van der Waals surface area contributed by atoms with E-state index in [1.807, 2.05) is 0 Å². The zero-order valence-corrected chi connectivity index (χ0v) is 20.6. The molecule has 0 atom stereocenters. The van der Waals surface area contributed by atoms with Gasteiger partial charge in [-0.25, -0.2) is 0 Å². The zero-order chi connectivity index (χ0) is 20.6. The van der Waals surface area contributed by atoms with Crippen LogP contribution in [0.4, 0.5) is 0 Å². The largest absolute Gasteiger partial charge is 0.0628 e. The minimum Gasteiger partial charge on any atom is -0.0628 e. The third-order valence-electron chi connectivity index (χ3n) is 4.11. The highest BCUT2D eigenvalue weighted by molar-refractivity contribution is 4.61. The summed E-state index contributed by atoms with van der Waals surface area (Å²) in [5, 5.41) is 0. The molecule has 0 aromatic carbocycles. The fourth-order valence-electron chi connectivity index (χ4n) is 2.06. The minimum absolute atomic E-state index is 0.532. The molecule has 25 heavy (non-hydrogen) atoms. The second-order valence-electron chi connectivity index (χ2n) is 11.2. The monoisotopic (exact) mass is 356 g/mol. The van der Waals surface area contributed by atoms with Crippen molar-refractivity contribution in [3.05, 3.63) is 0 Å². The van der Waals surface area contributed by atoms with Crippen molar-refractivity contribution in [1.82, 2.24) is 0 Å². The Morgan fingerprint density at radius 3 is 0.680 bits per heavy atom. The van der Waals surface area contributed by atoms with Gasteiger partial charge in [0.15, 0.2) is 0 Å². The molecule has 0 amide bonds. The molecule has 156 valence electrons. The maximum atomic E-state index is 2.30. The summed E-state index contributed by atoms with van der Waals surface area (Å²) in [5.41, 5.74) is 0.532. The molecule has 0 saturated carbocycles. The first-order chi connectivity index (χ1) is 11.2. The molecule has 0 aliphatic heterocycles. The van der Waals surface area contributed by atoms with E-state index in [2.05, 4.69) is 90.0 Å². The maximum absolute atomic E-state index is 2.30. The number of hydrogen-bond acceptors (Lipinski definition) is 0. The van der Waals surface area contributed by atoms with E-state index in [-0.39, 0.29) is 0 Å². The van der Waals surface area contributed by atoms with Gasteiger partial charge in [-0.05, 0) is 41.4 Å². The van der Waals surface area contributed by atoms with Crippen LogP contribution in [0.3, 0.4) is 0 Å². The molecule has 0 nitrogen and oxygen atoms in total. The van der Waals surface area contributed by atoms with Crippen LogP contribution in [-0.2, 0) is 0 Å². The van der Waals surface area contributed by atoms with Gasteiger partial charge in [0.2, 0.25) is 0 Å². The van der Waals surface area contributed by atoms with E-state index in [1.165, 1.54) is 38.5 Å². The number of rotatable bonds is 8. The van der Waals surface area contributed by atoms with Gasteiger partial charge in [-0.1, -0.05) is 122 Å². The average molecular weight is 357 g/mol. The molecule has 0 saturated heterocycles. The van der Waals surface area contributed by atoms with Gasteiger partial charge in [0.05, 0.1) is 0 Å². The van der Waals surface area contributed by atoms with Crippen molar-refractivity contribution in [2.75, 3.05) is 0 Å². The summed E-state index contributed by atoms with van der Waals surface area (Å²) >= 11 is 0. The molecule has 0 heterocycles. The molecule has 0 heteroatoms. The lowest BCUT2D eigenvalue weighted by Gasteiger charge is -2.18. The van der Waals surface area contributed by atoms with E-state index in [0.717, 1.165) is 29.6 Å². The predicted molar refractivity (Wildman–Crippen MR) is 121 cm³/mol. The first-order valence-electron chi connectivity index (χ1n) is 11.2. The van der Waals surface area contributed by atoms with Gasteiger partial charge in [-0.15, -0.1) is 0 Å². The quantitative estimate of drug-likeness (QED) is 0.406. The highest BCUT2D eigenvalue weighted by Gasteiger charge is 2.09. The van der Waals surface area contributed by atoms with Crippen molar-refractivity contribution in [1.29, 1.82) is 0 Å². The van der Waals surface area contributed by atoms with Crippen LogP contribution in [0.2, 0.25) is 0 Å². The Balaban J connectivity index is -0.000000291. The zero-order valence-electron chi connectivity index (χ0n) is 20.6. The summed E-state index contributed by atoms with van der Waals surface area (Å²) in [5.74, 6) is 4.41. The number of hydrogen-bond donors (Lipinski definition) is 0. The van der Waals surface area contributed by atoms with Gasteiger partial charge in [-0.3, -0.25) is 0 Å². The van der Waals surface area contributed by atoms with Gasteiger partial charge in [0.25, 0.3) is 0 Å². The Labute approximate surface area is 164 Å². The molecule has 0 radical (unpaired) electrons. The summed E-state index contributed by atoms with van der Waals surface area (Å²) in [6.45, 7) is 29.7. The summed E-state index contributed by atoms with van der Waals surface area (Å²) in [7, 11) is 0. The van der Waals surface area contributed by atoms with Crippen LogP contribution in [-0.4, -0.2) is 0 Å². The molecule has 0 fully saturated rings. The lowest BCUT2D eigenvalue weighted by molar-refractivity contribution is 0.338. The molecule has 0 bridgehead atoms. The van der Waals surface area contributed by atoms with E-state index in [1.54, 1.807) is 0 Å². The van der Waals surface area contributed by atoms with Gasteiger partial charge >= 0.3 is 0 Å². The lowest BCUT2D eigenvalue weighted by Crippen LogP contribution is -2.05. The van der Waals surface area contributed by atoms with Crippen molar-refractivity contribution in [2.24, 2.45) is 35.0 Å². The molecule has 0 spiro atoms.